The number of carbonyl (C=O) groups excluding carboxylic acids is 1. The SMILES string of the molecule is C=CC(=O)Oc1ccc(C#Cc2ccc(-c3ccc(CCCCC)cc3C)cc2)cc1. The van der Waals surface area contributed by atoms with E-state index in [1.807, 2.05) is 12.1 Å². The summed E-state index contributed by atoms with van der Waals surface area (Å²) in [6.45, 7) is 7.81. The molecule has 0 heterocycles. The molecule has 0 N–H and O–H groups in total. The maximum atomic E-state index is 11.2. The third kappa shape index (κ3) is 6.46. The van der Waals surface area contributed by atoms with Gasteiger partial charge >= 0.3 is 5.97 Å². The lowest BCUT2D eigenvalue weighted by Gasteiger charge is -2.09. The number of benzene rings is 3. The molecule has 0 radical (unpaired) electrons. The van der Waals surface area contributed by atoms with E-state index in [-0.39, 0.29) is 0 Å². The zero-order valence-corrected chi connectivity index (χ0v) is 18.3. The molecular weight excluding hydrogens is 380 g/mol. The minimum Gasteiger partial charge on any atom is -0.423 e. The van der Waals surface area contributed by atoms with E-state index in [1.165, 1.54) is 41.5 Å². The molecule has 0 bridgehead atoms. The van der Waals surface area contributed by atoms with Crippen LogP contribution in [0.4, 0.5) is 0 Å². The highest BCUT2D eigenvalue weighted by Crippen LogP contribution is 2.25. The third-order valence-electron chi connectivity index (χ3n) is 5.15. The number of ether oxygens (including phenoxy) is 1. The lowest BCUT2D eigenvalue weighted by Crippen LogP contribution is -2.02. The summed E-state index contributed by atoms with van der Waals surface area (Å²) in [5, 5.41) is 0. The van der Waals surface area contributed by atoms with Crippen LogP contribution in [0.2, 0.25) is 0 Å². The van der Waals surface area contributed by atoms with Gasteiger partial charge in [-0.3, -0.25) is 0 Å². The summed E-state index contributed by atoms with van der Waals surface area (Å²) in [7, 11) is 0. The maximum Gasteiger partial charge on any atom is 0.335 e. The molecule has 0 atom stereocenters. The normalized spacial score (nSPS) is 10.1. The molecule has 31 heavy (non-hydrogen) atoms. The second-order valence-corrected chi connectivity index (χ2v) is 7.58. The first-order valence-corrected chi connectivity index (χ1v) is 10.8. The standard InChI is InChI=1S/C29H28O2/c1-4-6-7-8-25-15-20-28(22(3)21-25)26-16-11-23(12-17-26)9-10-24-13-18-27(19-14-24)31-29(30)5-2/h5,11-21H,2,4,6-8H2,1,3H3. The van der Waals surface area contributed by atoms with Crippen molar-refractivity contribution in [3.05, 3.63) is 102 Å². The van der Waals surface area contributed by atoms with Crippen LogP contribution in [0.25, 0.3) is 11.1 Å². The molecule has 156 valence electrons. The molecule has 0 aliphatic heterocycles. The van der Waals surface area contributed by atoms with Crippen molar-refractivity contribution in [3.8, 4) is 28.7 Å². The quantitative estimate of drug-likeness (QED) is 0.140. The molecule has 0 spiro atoms. The number of rotatable bonds is 7. The zero-order valence-electron chi connectivity index (χ0n) is 18.3. The molecule has 0 aliphatic rings. The van der Waals surface area contributed by atoms with Crippen molar-refractivity contribution in [1.82, 2.24) is 0 Å². The van der Waals surface area contributed by atoms with Crippen molar-refractivity contribution in [2.75, 3.05) is 0 Å². The maximum absolute atomic E-state index is 11.2. The fourth-order valence-corrected chi connectivity index (χ4v) is 3.43. The van der Waals surface area contributed by atoms with E-state index in [4.69, 9.17) is 4.74 Å². The van der Waals surface area contributed by atoms with Gasteiger partial charge in [0.15, 0.2) is 0 Å². The van der Waals surface area contributed by atoms with E-state index in [2.05, 4.69) is 74.7 Å². The van der Waals surface area contributed by atoms with Gasteiger partial charge in [0.1, 0.15) is 5.75 Å². The zero-order chi connectivity index (χ0) is 22.1. The van der Waals surface area contributed by atoms with Crippen LogP contribution in [0.1, 0.15) is 48.4 Å². The molecule has 0 amide bonds. The minimum atomic E-state index is -0.472. The van der Waals surface area contributed by atoms with Gasteiger partial charge in [-0.25, -0.2) is 4.79 Å². The summed E-state index contributed by atoms with van der Waals surface area (Å²) in [5.74, 6) is 6.34. The summed E-state index contributed by atoms with van der Waals surface area (Å²) in [5.41, 5.74) is 7.02. The molecule has 3 rings (SSSR count). The van der Waals surface area contributed by atoms with Crippen LogP contribution in [0.5, 0.6) is 5.75 Å². The molecule has 2 heteroatoms. The summed E-state index contributed by atoms with van der Waals surface area (Å²) < 4.78 is 5.07. The van der Waals surface area contributed by atoms with Gasteiger partial charge in [-0.1, -0.05) is 68.5 Å². The Kier molecular flexibility index (Phi) is 7.85. The topological polar surface area (TPSA) is 26.3 Å². The molecule has 0 saturated carbocycles. The summed E-state index contributed by atoms with van der Waals surface area (Å²) >= 11 is 0. The molecule has 0 fully saturated rings. The van der Waals surface area contributed by atoms with E-state index in [0.29, 0.717) is 5.75 Å². The second-order valence-electron chi connectivity index (χ2n) is 7.58. The van der Waals surface area contributed by atoms with Gasteiger partial charge in [-0.15, -0.1) is 0 Å². The Morgan fingerprint density at radius 2 is 1.58 bits per heavy atom. The van der Waals surface area contributed by atoms with Crippen molar-refractivity contribution in [3.63, 3.8) is 0 Å². The van der Waals surface area contributed by atoms with Crippen LogP contribution in [-0.4, -0.2) is 5.97 Å². The number of aryl methyl sites for hydroxylation is 2. The first-order valence-electron chi connectivity index (χ1n) is 10.8. The Morgan fingerprint density at radius 1 is 0.935 bits per heavy atom. The van der Waals surface area contributed by atoms with Crippen LogP contribution < -0.4 is 4.74 Å². The number of carbonyl (C=O) groups is 1. The highest BCUT2D eigenvalue weighted by molar-refractivity contribution is 5.83. The van der Waals surface area contributed by atoms with E-state index in [0.717, 1.165) is 23.6 Å². The second kappa shape index (κ2) is 11.0. The van der Waals surface area contributed by atoms with E-state index in [9.17, 15) is 4.79 Å². The third-order valence-corrected chi connectivity index (χ3v) is 5.15. The van der Waals surface area contributed by atoms with Gasteiger partial charge in [-0.05, 0) is 78.4 Å². The van der Waals surface area contributed by atoms with Crippen LogP contribution >= 0.6 is 0 Å². The number of hydrogen-bond donors (Lipinski definition) is 0. The van der Waals surface area contributed by atoms with Crippen LogP contribution in [-0.2, 0) is 11.2 Å². The Balaban J connectivity index is 1.67. The van der Waals surface area contributed by atoms with Gasteiger partial charge < -0.3 is 4.74 Å². The van der Waals surface area contributed by atoms with E-state index < -0.39 is 5.97 Å². The Bertz CT molecular complexity index is 1090. The van der Waals surface area contributed by atoms with E-state index in [1.54, 1.807) is 12.1 Å². The average Bonchev–Trinajstić information content (AvgIpc) is 2.79. The number of esters is 1. The predicted octanol–water partition coefficient (Wildman–Crippen LogP) is 6.89. The monoisotopic (exact) mass is 408 g/mol. The van der Waals surface area contributed by atoms with E-state index >= 15 is 0 Å². The predicted molar refractivity (Wildman–Crippen MR) is 128 cm³/mol. The Labute approximate surface area is 185 Å². The van der Waals surface area contributed by atoms with Gasteiger partial charge in [0.05, 0.1) is 0 Å². The van der Waals surface area contributed by atoms with Gasteiger partial charge in [0.2, 0.25) is 0 Å². The van der Waals surface area contributed by atoms with Crippen molar-refractivity contribution < 1.29 is 9.53 Å². The highest BCUT2D eigenvalue weighted by atomic mass is 16.5. The molecule has 0 saturated heterocycles. The smallest absolute Gasteiger partial charge is 0.335 e. The van der Waals surface area contributed by atoms with Gasteiger partial charge in [0, 0.05) is 17.2 Å². The fourth-order valence-electron chi connectivity index (χ4n) is 3.43. The highest BCUT2D eigenvalue weighted by Gasteiger charge is 2.04. The lowest BCUT2D eigenvalue weighted by molar-refractivity contribution is -0.128. The summed E-state index contributed by atoms with van der Waals surface area (Å²) in [6.07, 6.45) is 6.09. The lowest BCUT2D eigenvalue weighted by atomic mass is 9.96. The van der Waals surface area contributed by atoms with Crippen molar-refractivity contribution in [1.29, 1.82) is 0 Å². The van der Waals surface area contributed by atoms with Crippen LogP contribution in [0.3, 0.4) is 0 Å². The summed E-state index contributed by atoms with van der Waals surface area (Å²) in [4.78, 5) is 11.2. The average molecular weight is 409 g/mol. The van der Waals surface area contributed by atoms with Crippen LogP contribution in [0, 0.1) is 18.8 Å². The Morgan fingerprint density at radius 3 is 2.16 bits per heavy atom. The van der Waals surface area contributed by atoms with Crippen molar-refractivity contribution >= 4 is 5.97 Å². The molecular formula is C29H28O2. The molecule has 0 unspecified atom stereocenters. The fraction of sp³-hybridized carbons (Fsp3) is 0.207. The molecule has 0 aliphatic carbocycles. The van der Waals surface area contributed by atoms with Crippen molar-refractivity contribution in [2.45, 2.75) is 39.5 Å². The summed E-state index contributed by atoms with van der Waals surface area (Å²) in [6, 6.07) is 22.3. The molecule has 2 nitrogen and oxygen atoms in total. The largest absolute Gasteiger partial charge is 0.423 e. The number of unbranched alkanes of at least 4 members (excludes halogenated alkanes) is 2. The number of hydrogen-bond acceptors (Lipinski definition) is 2. The molecule has 0 aromatic heterocycles. The van der Waals surface area contributed by atoms with Crippen LogP contribution in [0.15, 0.2) is 79.4 Å². The van der Waals surface area contributed by atoms with Crippen molar-refractivity contribution in [2.24, 2.45) is 0 Å². The first kappa shape index (κ1) is 22.1. The Hall–Kier alpha value is -3.57. The minimum absolute atomic E-state index is 0.472. The van der Waals surface area contributed by atoms with Gasteiger partial charge in [0.25, 0.3) is 0 Å². The molecule has 3 aromatic rings. The van der Waals surface area contributed by atoms with Gasteiger partial charge in [-0.2, -0.15) is 0 Å². The molecule has 3 aromatic carbocycles. The first-order chi connectivity index (χ1) is 15.1.